The van der Waals surface area contributed by atoms with Crippen LogP contribution in [0.25, 0.3) is 0 Å². The molecule has 0 aliphatic rings. The third kappa shape index (κ3) is 5.04. The molecular weight excluding hydrogens is 391 g/mol. The SMILES string of the molecule is COC(=O)[C@H](Cc1ccc(OC(C)=O)cc1)n1c(C)cc(C(=O)C(F)(F)F)c1C. The standard InChI is InChI=1S/C20H20F3NO5/c1-11-9-16(18(26)20(21,22)23)12(2)24(11)17(19(27)28-4)10-14-5-7-15(8-6-14)29-13(3)25/h5-9,17H,10H2,1-4H3/t17-/m0/s1. The minimum Gasteiger partial charge on any atom is -0.467 e. The number of ether oxygens (including phenoxy) is 2. The molecule has 156 valence electrons. The smallest absolute Gasteiger partial charge is 0.454 e. The Labute approximate surface area is 165 Å². The van der Waals surface area contributed by atoms with E-state index in [1.165, 1.54) is 32.4 Å². The van der Waals surface area contributed by atoms with Gasteiger partial charge in [-0.1, -0.05) is 12.1 Å². The van der Waals surface area contributed by atoms with Crippen molar-refractivity contribution in [1.29, 1.82) is 0 Å². The Bertz CT molecular complexity index is 929. The first kappa shape index (κ1) is 22.2. The third-order valence-corrected chi connectivity index (χ3v) is 4.39. The molecule has 1 aromatic carbocycles. The maximum Gasteiger partial charge on any atom is 0.454 e. The molecule has 0 N–H and O–H groups in total. The van der Waals surface area contributed by atoms with Gasteiger partial charge in [0.05, 0.1) is 7.11 Å². The van der Waals surface area contributed by atoms with Crippen molar-refractivity contribution in [2.45, 2.75) is 39.4 Å². The van der Waals surface area contributed by atoms with E-state index in [4.69, 9.17) is 9.47 Å². The Morgan fingerprint density at radius 1 is 1.10 bits per heavy atom. The van der Waals surface area contributed by atoms with Gasteiger partial charge in [-0.2, -0.15) is 13.2 Å². The lowest BCUT2D eigenvalue weighted by Gasteiger charge is -2.21. The lowest BCUT2D eigenvalue weighted by Crippen LogP contribution is -2.26. The quantitative estimate of drug-likeness (QED) is 0.411. The molecule has 0 aliphatic carbocycles. The number of Topliss-reactive ketones (excluding diaryl/α,β-unsaturated/α-hetero) is 1. The molecule has 0 amide bonds. The molecule has 0 radical (unpaired) electrons. The van der Waals surface area contributed by atoms with Gasteiger partial charge in [0.25, 0.3) is 5.78 Å². The summed E-state index contributed by atoms with van der Waals surface area (Å²) in [5.74, 6) is -2.79. The molecular formula is C20H20F3NO5. The highest BCUT2D eigenvalue weighted by Gasteiger charge is 2.41. The molecule has 0 aliphatic heterocycles. The average Bonchev–Trinajstić information content (AvgIpc) is 2.92. The van der Waals surface area contributed by atoms with Crippen molar-refractivity contribution >= 4 is 17.7 Å². The number of hydrogen-bond acceptors (Lipinski definition) is 5. The molecule has 0 bridgehead atoms. The number of carbonyl (C=O) groups excluding carboxylic acids is 3. The fourth-order valence-corrected chi connectivity index (χ4v) is 3.14. The Kier molecular flexibility index (Phi) is 6.51. The van der Waals surface area contributed by atoms with E-state index in [0.717, 1.165) is 6.07 Å². The van der Waals surface area contributed by atoms with Crippen LogP contribution in [0.4, 0.5) is 13.2 Å². The van der Waals surface area contributed by atoms with Gasteiger partial charge in [-0.3, -0.25) is 9.59 Å². The lowest BCUT2D eigenvalue weighted by molar-refractivity contribution is -0.144. The van der Waals surface area contributed by atoms with E-state index in [2.05, 4.69) is 0 Å². The van der Waals surface area contributed by atoms with Gasteiger partial charge < -0.3 is 14.0 Å². The number of nitrogens with zero attached hydrogens (tertiary/aromatic N) is 1. The second kappa shape index (κ2) is 8.50. The van der Waals surface area contributed by atoms with E-state index in [1.54, 1.807) is 24.3 Å². The van der Waals surface area contributed by atoms with E-state index in [9.17, 15) is 27.6 Å². The fourth-order valence-electron chi connectivity index (χ4n) is 3.14. The van der Waals surface area contributed by atoms with Gasteiger partial charge in [-0.05, 0) is 37.6 Å². The van der Waals surface area contributed by atoms with E-state index in [-0.39, 0.29) is 12.1 Å². The van der Waals surface area contributed by atoms with Crippen molar-refractivity contribution < 1.29 is 37.0 Å². The largest absolute Gasteiger partial charge is 0.467 e. The van der Waals surface area contributed by atoms with E-state index in [0.29, 0.717) is 17.0 Å². The molecule has 0 saturated carbocycles. The first-order valence-electron chi connectivity index (χ1n) is 8.60. The van der Waals surface area contributed by atoms with E-state index in [1.807, 2.05) is 0 Å². The maximum absolute atomic E-state index is 12.9. The van der Waals surface area contributed by atoms with Crippen LogP contribution in [0.1, 0.15) is 40.3 Å². The summed E-state index contributed by atoms with van der Waals surface area (Å²) in [5.41, 5.74) is 0.500. The molecule has 1 atom stereocenters. The van der Waals surface area contributed by atoms with Crippen LogP contribution in [0.2, 0.25) is 0 Å². The van der Waals surface area contributed by atoms with Crippen molar-refractivity contribution in [3.8, 4) is 5.75 Å². The number of alkyl halides is 3. The zero-order valence-electron chi connectivity index (χ0n) is 16.3. The van der Waals surface area contributed by atoms with Gasteiger partial charge in [0.2, 0.25) is 0 Å². The number of esters is 2. The number of aromatic nitrogens is 1. The summed E-state index contributed by atoms with van der Waals surface area (Å²) in [6.07, 6.45) is -4.92. The Morgan fingerprint density at radius 3 is 2.17 bits per heavy atom. The molecule has 0 saturated heterocycles. The van der Waals surface area contributed by atoms with Crippen molar-refractivity contribution in [3.63, 3.8) is 0 Å². The third-order valence-electron chi connectivity index (χ3n) is 4.39. The van der Waals surface area contributed by atoms with Crippen LogP contribution in [0.15, 0.2) is 30.3 Å². The summed E-state index contributed by atoms with van der Waals surface area (Å²) >= 11 is 0. The number of ketones is 1. The monoisotopic (exact) mass is 411 g/mol. The molecule has 1 heterocycles. The number of methoxy groups -OCH3 is 1. The van der Waals surface area contributed by atoms with Crippen molar-refractivity contribution in [2.75, 3.05) is 7.11 Å². The Balaban J connectivity index is 2.41. The summed E-state index contributed by atoms with van der Waals surface area (Å²) in [6, 6.07) is 6.48. The Morgan fingerprint density at radius 2 is 1.69 bits per heavy atom. The van der Waals surface area contributed by atoms with Gasteiger partial charge in [0.1, 0.15) is 11.8 Å². The molecule has 2 aromatic rings. The highest BCUT2D eigenvalue weighted by Crippen LogP contribution is 2.29. The number of aryl methyl sites for hydroxylation is 1. The first-order valence-corrected chi connectivity index (χ1v) is 8.60. The molecule has 1 aromatic heterocycles. The van der Waals surface area contributed by atoms with Crippen molar-refractivity contribution in [3.05, 3.63) is 52.8 Å². The predicted octanol–water partition coefficient (Wildman–Crippen LogP) is 3.73. The summed E-state index contributed by atoms with van der Waals surface area (Å²) in [6.45, 7) is 4.13. The highest BCUT2D eigenvalue weighted by molar-refractivity contribution is 6.01. The van der Waals surface area contributed by atoms with Crippen LogP contribution in [0, 0.1) is 13.8 Å². The van der Waals surface area contributed by atoms with Crippen LogP contribution in [0.3, 0.4) is 0 Å². The zero-order chi connectivity index (χ0) is 21.9. The number of rotatable bonds is 6. The van der Waals surface area contributed by atoms with Crippen LogP contribution in [0.5, 0.6) is 5.75 Å². The molecule has 6 nitrogen and oxygen atoms in total. The molecule has 29 heavy (non-hydrogen) atoms. The summed E-state index contributed by atoms with van der Waals surface area (Å²) in [5, 5.41) is 0. The van der Waals surface area contributed by atoms with Gasteiger partial charge in [-0.25, -0.2) is 4.79 Å². The van der Waals surface area contributed by atoms with Crippen molar-refractivity contribution in [1.82, 2.24) is 4.57 Å². The second-order valence-corrected chi connectivity index (χ2v) is 6.46. The van der Waals surface area contributed by atoms with Gasteiger partial charge in [-0.15, -0.1) is 0 Å². The van der Waals surface area contributed by atoms with Crippen LogP contribution in [-0.2, 0) is 20.7 Å². The van der Waals surface area contributed by atoms with Gasteiger partial charge in [0.15, 0.2) is 0 Å². The molecule has 9 heteroatoms. The van der Waals surface area contributed by atoms with Crippen LogP contribution in [-0.4, -0.2) is 35.6 Å². The number of benzene rings is 1. The fraction of sp³-hybridized carbons (Fsp3) is 0.350. The minimum absolute atomic E-state index is 0.0248. The molecule has 0 spiro atoms. The van der Waals surface area contributed by atoms with E-state index < -0.39 is 35.5 Å². The van der Waals surface area contributed by atoms with Crippen LogP contribution < -0.4 is 4.74 Å². The van der Waals surface area contributed by atoms with Crippen molar-refractivity contribution in [2.24, 2.45) is 0 Å². The summed E-state index contributed by atoms with van der Waals surface area (Å²) < 4.78 is 49.8. The minimum atomic E-state index is -5.02. The molecule has 2 rings (SSSR count). The zero-order valence-corrected chi connectivity index (χ0v) is 16.3. The molecule has 0 fully saturated rings. The number of carbonyl (C=O) groups is 3. The topological polar surface area (TPSA) is 74.6 Å². The first-order chi connectivity index (χ1) is 13.5. The van der Waals surface area contributed by atoms with Gasteiger partial charge in [0, 0.05) is 30.3 Å². The van der Waals surface area contributed by atoms with Crippen LogP contribution >= 0.6 is 0 Å². The second-order valence-electron chi connectivity index (χ2n) is 6.46. The summed E-state index contributed by atoms with van der Waals surface area (Å²) in [4.78, 5) is 35.1. The Hall–Kier alpha value is -3.10. The lowest BCUT2D eigenvalue weighted by atomic mass is 10.0. The predicted molar refractivity (Wildman–Crippen MR) is 96.8 cm³/mol. The van der Waals surface area contributed by atoms with Gasteiger partial charge >= 0.3 is 18.1 Å². The van der Waals surface area contributed by atoms with E-state index >= 15 is 0 Å². The molecule has 0 unspecified atom stereocenters. The highest BCUT2D eigenvalue weighted by atomic mass is 19.4. The number of hydrogen-bond donors (Lipinski definition) is 0. The maximum atomic E-state index is 12.9. The summed E-state index contributed by atoms with van der Waals surface area (Å²) in [7, 11) is 1.18. The average molecular weight is 411 g/mol. The normalized spacial score (nSPS) is 12.4. The number of halogens is 3.